The molecule has 14 rings (SSSR count). The molecule has 0 aromatic carbocycles. The lowest BCUT2D eigenvalue weighted by Gasteiger charge is -2.48. The lowest BCUT2D eigenvalue weighted by molar-refractivity contribution is -0.314. The molecule has 8 fully saturated rings. The van der Waals surface area contributed by atoms with Crippen molar-refractivity contribution >= 4 is 11.9 Å². The van der Waals surface area contributed by atoms with E-state index in [0.29, 0.717) is 80.1 Å². The number of esters is 2. The van der Waals surface area contributed by atoms with Crippen molar-refractivity contribution in [3.63, 3.8) is 0 Å². The van der Waals surface area contributed by atoms with Gasteiger partial charge in [0.15, 0.2) is 36.7 Å². The molecule has 702 valence electrons. The van der Waals surface area contributed by atoms with Gasteiger partial charge in [-0.25, -0.2) is 0 Å². The number of nitrogens with one attached hydrogen (secondary N) is 2. The number of hydrogen-bond donors (Lipinski definition) is 8. The molecule has 8 N–H and O–H groups in total. The summed E-state index contributed by atoms with van der Waals surface area (Å²) in [7, 11) is 6.50. The van der Waals surface area contributed by atoms with Crippen molar-refractivity contribution in [1.82, 2.24) is 11.0 Å². The standard InChI is InChI=1S/C48H73NO14.C47H71NO14/c1-11-25(2)43-28(5)17-18-47(63-43)23-34-20-33(62-47)16-15-27(4)42(26(3)13-12-14-32-24-56-45-41(50)29(6)19-35(46(51)59-34)48(32,45)52)60-39-22-37(55-10)44(31(8)58-39)61-38-21-36(54-9)40(49-53)30(7)57-38;1-24(2)41-27(5)16-17-46(62-41)22-33-19-32(61-46)15-14-26(4)42(25(3)12-11-13-31-23-55-44-40(49)28(6)18-34(45(50)58-33)47(31,44)51)59-38-21-36(54-10)43(30(8)57-38)60-37-20-35(53-9)39(48-52)29(7)56-37/h12-15,17-19,25-26,28,30-31,33-45,49-50,52-53H,11,16,20-24H2,1-10H3;11-14,16-18,24-25,27,29-30,32-44,48-49,51-52H,15,19-23H2,1-10H3/b13-12+,27-15+,32-14+;12-11+,26-14+,31-13+/t25-,26-,28-,30-,31-,33+,34-,35-,36-,37-,38-,39-,40-,41+,42-,43+,44-,45+,47+,48+;25-,27-,29-,30-,32+,33-,34-,35-,36-,37-,38-,39-,40+,41+,42-,43-,44+,46+,47+/m00/s1. The fourth-order valence-electron chi connectivity index (χ4n) is 21.4. The Labute approximate surface area is 737 Å². The molecular formula is C95H144N2O28. The summed E-state index contributed by atoms with van der Waals surface area (Å²) in [5.74, 6) is -5.21. The summed E-state index contributed by atoms with van der Waals surface area (Å²) in [5.41, 5.74) is 4.86. The van der Waals surface area contributed by atoms with E-state index in [4.69, 9.17) is 94.7 Å². The van der Waals surface area contributed by atoms with Crippen molar-refractivity contribution in [2.75, 3.05) is 41.7 Å². The maximum absolute atomic E-state index is 14.4. The van der Waals surface area contributed by atoms with Gasteiger partial charge in [-0.1, -0.05) is 135 Å². The Bertz CT molecular complexity index is 3970. The van der Waals surface area contributed by atoms with Crippen molar-refractivity contribution in [3.8, 4) is 0 Å². The van der Waals surface area contributed by atoms with E-state index in [-0.39, 0.29) is 116 Å². The largest absolute Gasteiger partial charge is 0.462 e. The van der Waals surface area contributed by atoms with Crippen LogP contribution in [0, 0.1) is 47.3 Å². The van der Waals surface area contributed by atoms with Crippen molar-refractivity contribution in [1.29, 1.82) is 0 Å². The van der Waals surface area contributed by atoms with E-state index in [1.165, 1.54) is 0 Å². The highest BCUT2D eigenvalue weighted by molar-refractivity contribution is 5.79. The number of fused-ring (bicyclic) bond motifs is 4. The SMILES string of the molecule is CC[C@H](C)[C@H]1O[C@]2(C=C[C@@H]1C)C[C@@H]1C[C@@H](C/C=C(\C)[C@@H](O[C@H]3C[C@H](OC)[C@@H](O[C@H]4C[C@H](OC)[C@@H](NO)[C@H](C)O4)[C@H](C)O3)[C@@H](C)/C=C/C=C3\CO[C@@H]4[C@H](O)C(C)=C[C@@H](C(=O)O1)[C@]34O)O2.CO[C@H]1C[C@H](O[C@H]2[C@H](C)O[C@@H](O[C@@H]3/C(C)=C/C[C@@H]4C[C@@H](C[C@]5(C=C[C@H](C)[C@@H](C(C)C)O5)O4)OC(=O)[C@@H]4C=C(C)[C@@H](O)[C@H]5OC/C(=C\C=C\[C@@H]3C)[C@]54O)C[C@@H]2OC)O[C@@H](C)[C@@H]1NO. The summed E-state index contributed by atoms with van der Waals surface area (Å²) >= 11 is 0. The Morgan fingerprint density at radius 2 is 0.848 bits per heavy atom. The van der Waals surface area contributed by atoms with Gasteiger partial charge in [0, 0.05) is 103 Å². The summed E-state index contributed by atoms with van der Waals surface area (Å²) < 4.78 is 128. The van der Waals surface area contributed by atoms with Crippen LogP contribution in [0.4, 0.5) is 0 Å². The third kappa shape index (κ3) is 21.0. The number of rotatable bonds is 17. The molecule has 0 saturated carbocycles. The first kappa shape index (κ1) is 97.8. The number of carbonyl (C=O) groups excluding carboxylic acids is 2. The molecule has 14 aliphatic rings. The van der Waals surface area contributed by atoms with Crippen molar-refractivity contribution < 1.29 is 135 Å². The molecule has 2 spiro atoms. The van der Waals surface area contributed by atoms with Crippen LogP contribution in [0.25, 0.3) is 0 Å². The Balaban J connectivity index is 0.000000215. The number of hydrogen-bond acceptors (Lipinski definition) is 30. The van der Waals surface area contributed by atoms with E-state index >= 15 is 0 Å². The molecule has 125 heavy (non-hydrogen) atoms. The van der Waals surface area contributed by atoms with Crippen molar-refractivity contribution in [2.45, 2.75) is 376 Å². The Hall–Kier alpha value is -4.70. The van der Waals surface area contributed by atoms with Gasteiger partial charge in [-0.3, -0.25) is 9.59 Å². The monoisotopic (exact) mass is 1760 g/mol. The zero-order valence-corrected chi connectivity index (χ0v) is 76.7. The normalized spacial score (nSPS) is 48.6. The highest BCUT2D eigenvalue weighted by atomic mass is 16.8. The molecule has 12 heterocycles. The van der Waals surface area contributed by atoms with Gasteiger partial charge in [-0.15, -0.1) is 0 Å². The molecule has 30 heteroatoms. The van der Waals surface area contributed by atoms with E-state index in [2.05, 4.69) is 90.7 Å². The minimum atomic E-state index is -1.84. The van der Waals surface area contributed by atoms with Gasteiger partial charge >= 0.3 is 11.9 Å². The van der Waals surface area contributed by atoms with Crippen molar-refractivity contribution in [3.05, 3.63) is 119 Å². The molecule has 30 nitrogen and oxygen atoms in total. The van der Waals surface area contributed by atoms with Crippen LogP contribution in [0.5, 0.6) is 0 Å². The fraction of sp³-hybridized carbons (Fsp3) is 0.768. The summed E-state index contributed by atoms with van der Waals surface area (Å²) in [4.78, 5) is 28.7. The first-order chi connectivity index (χ1) is 59.5. The maximum atomic E-state index is 14.4. The molecule has 0 radical (unpaired) electrons. The molecule has 2 aliphatic carbocycles. The minimum Gasteiger partial charge on any atom is -0.462 e. The number of methoxy groups -OCH3 is 4. The second-order valence-electron chi connectivity index (χ2n) is 38.1. The first-order valence-electron chi connectivity index (χ1n) is 45.7. The number of aliphatic hydroxyl groups is 4. The van der Waals surface area contributed by atoms with Crippen molar-refractivity contribution in [2.24, 2.45) is 47.3 Å². The predicted octanol–water partition coefficient (Wildman–Crippen LogP) is 10.3. The number of hydroxylamine groups is 2. The summed E-state index contributed by atoms with van der Waals surface area (Å²) in [5, 5.41) is 66.8. The van der Waals surface area contributed by atoms with Crippen LogP contribution in [-0.4, -0.2) is 279 Å². The smallest absolute Gasteiger partial charge is 0.316 e. The Kier molecular flexibility index (Phi) is 32.6. The molecule has 8 saturated heterocycles. The molecule has 0 unspecified atom stereocenters. The van der Waals surface area contributed by atoms with Crippen LogP contribution in [0.1, 0.15) is 181 Å². The van der Waals surface area contributed by atoms with E-state index in [0.717, 1.165) is 17.6 Å². The number of allylic oxidation sites excluding steroid dienone is 4. The van der Waals surface area contributed by atoms with Crippen LogP contribution in [0.3, 0.4) is 0 Å². The van der Waals surface area contributed by atoms with Gasteiger partial charge < -0.3 is 126 Å². The lowest BCUT2D eigenvalue weighted by Crippen LogP contribution is -2.58. The third-order valence-electron chi connectivity index (χ3n) is 28.8. The molecule has 39 atom stereocenters. The second-order valence-corrected chi connectivity index (χ2v) is 38.1. The van der Waals surface area contributed by atoms with Crippen LogP contribution >= 0.6 is 0 Å². The van der Waals surface area contributed by atoms with Crippen LogP contribution < -0.4 is 11.0 Å². The highest BCUT2D eigenvalue weighted by Gasteiger charge is 2.63. The van der Waals surface area contributed by atoms with E-state index in [9.17, 15) is 40.4 Å². The van der Waals surface area contributed by atoms with Gasteiger partial charge in [0.05, 0.1) is 111 Å². The summed E-state index contributed by atoms with van der Waals surface area (Å²) in [6.45, 7) is 32.2. The number of ether oxygens (including phenoxy) is 20. The maximum Gasteiger partial charge on any atom is 0.316 e. The van der Waals surface area contributed by atoms with E-state index < -0.39 is 157 Å². The van der Waals surface area contributed by atoms with Gasteiger partial charge in [0.1, 0.15) is 71.9 Å². The molecular weight excluding hydrogens is 1620 g/mol. The Morgan fingerprint density at radius 3 is 1.23 bits per heavy atom. The topological polar surface area (TPSA) is 364 Å². The molecule has 0 amide bonds. The minimum absolute atomic E-state index is 0.0296. The molecule has 12 aliphatic heterocycles. The van der Waals surface area contributed by atoms with Crippen LogP contribution in [-0.2, 0) is 104 Å². The molecule has 0 aromatic heterocycles. The fourth-order valence-corrected chi connectivity index (χ4v) is 21.4. The van der Waals surface area contributed by atoms with Crippen LogP contribution in [0.15, 0.2) is 119 Å². The van der Waals surface area contributed by atoms with Gasteiger partial charge in [0.2, 0.25) is 0 Å². The van der Waals surface area contributed by atoms with Gasteiger partial charge in [-0.05, 0) is 126 Å². The predicted molar refractivity (Wildman–Crippen MR) is 455 cm³/mol. The molecule has 0 aromatic rings. The lowest BCUT2D eigenvalue weighted by atomic mass is 9.71. The molecule has 4 bridgehead atoms. The second kappa shape index (κ2) is 41.6. The van der Waals surface area contributed by atoms with E-state index in [1.54, 1.807) is 66.6 Å². The van der Waals surface area contributed by atoms with Gasteiger partial charge in [0.25, 0.3) is 0 Å². The average Bonchev–Trinajstić information content (AvgIpc) is 1.61. The van der Waals surface area contributed by atoms with E-state index in [1.807, 2.05) is 78.0 Å². The zero-order chi connectivity index (χ0) is 90.1. The van der Waals surface area contributed by atoms with Gasteiger partial charge in [-0.2, -0.15) is 11.0 Å². The zero-order valence-electron chi connectivity index (χ0n) is 76.7. The highest BCUT2D eigenvalue weighted by Crippen LogP contribution is 2.51. The number of carbonyl (C=O) groups is 2. The Morgan fingerprint density at radius 1 is 0.472 bits per heavy atom. The third-order valence-corrected chi connectivity index (χ3v) is 28.8. The average molecular weight is 1760 g/mol. The quantitative estimate of drug-likeness (QED) is 0.0381. The van der Waals surface area contributed by atoms with Crippen LogP contribution in [0.2, 0.25) is 0 Å². The first-order valence-corrected chi connectivity index (χ1v) is 45.7. The summed E-state index contributed by atoms with van der Waals surface area (Å²) in [6, 6.07) is -0.800. The number of aliphatic hydroxyl groups excluding tert-OH is 2. The summed E-state index contributed by atoms with van der Waals surface area (Å²) in [6.07, 6.45) is 18.0.